The topological polar surface area (TPSA) is 85.3 Å². The molecule has 0 N–H and O–H groups in total. The maximum Gasteiger partial charge on any atom is 0.142 e. The molecule has 0 aromatic heterocycles. The van der Waals surface area contributed by atoms with Gasteiger partial charge in [-0.15, -0.1) is 0 Å². The van der Waals surface area contributed by atoms with E-state index in [0.717, 1.165) is 82.3 Å². The van der Waals surface area contributed by atoms with Crippen molar-refractivity contribution in [3.63, 3.8) is 0 Å². The first-order valence-corrected chi connectivity index (χ1v) is 38.6. The molecule has 2 unspecified atom stereocenters. The normalized spacial score (nSPS) is 13.2. The zero-order chi connectivity index (χ0) is 62.8. The van der Waals surface area contributed by atoms with Crippen LogP contribution < -0.4 is 0 Å². The maximum absolute atomic E-state index is 11.1. The first kappa shape index (κ1) is 84.0. The molecule has 0 aliphatic rings. The van der Waals surface area contributed by atoms with E-state index in [1.807, 2.05) is 29.9 Å². The Bertz CT molecular complexity index is 1590. The summed E-state index contributed by atoms with van der Waals surface area (Å²) in [5.41, 5.74) is 2.23. The van der Waals surface area contributed by atoms with E-state index in [1.54, 1.807) is 18.2 Å². The molecule has 5 nitrogen and oxygen atoms in total. The van der Waals surface area contributed by atoms with Crippen LogP contribution in [0.25, 0.3) is 0 Å². The predicted octanol–water partition coefficient (Wildman–Crippen LogP) is 26.7. The summed E-state index contributed by atoms with van der Waals surface area (Å²) in [7, 11) is 0. The summed E-state index contributed by atoms with van der Waals surface area (Å²) < 4.78 is 0. The van der Waals surface area contributed by atoms with Crippen LogP contribution in [0.4, 0.5) is 0 Å². The maximum atomic E-state index is 11.1. The van der Waals surface area contributed by atoms with Crippen molar-refractivity contribution in [2.24, 2.45) is 11.3 Å². The molecule has 0 rings (SSSR count). The highest BCUT2D eigenvalue weighted by Gasteiger charge is 2.33. The van der Waals surface area contributed by atoms with Gasteiger partial charge in [-0.2, -0.15) is 0 Å². The van der Waals surface area contributed by atoms with Crippen molar-refractivity contribution in [2.75, 3.05) is 0 Å². The van der Waals surface area contributed by atoms with Crippen molar-refractivity contribution in [2.45, 2.75) is 418 Å². The van der Waals surface area contributed by atoms with Crippen LogP contribution in [0.3, 0.4) is 0 Å². The fraction of sp³-hybridized carbons (Fsp3) is 0.817. The van der Waals surface area contributed by atoms with Gasteiger partial charge in [-0.1, -0.05) is 351 Å². The number of hydrogen-bond acceptors (Lipinski definition) is 5. The fourth-order valence-corrected chi connectivity index (χ4v) is 13.7. The molecule has 0 aromatic rings. The highest BCUT2D eigenvalue weighted by atomic mass is 16.1. The third-order valence-electron chi connectivity index (χ3n) is 19.1. The number of hydrogen-bond donors (Lipinski definition) is 0. The van der Waals surface area contributed by atoms with Gasteiger partial charge in [0.05, 0.1) is 0 Å². The molecule has 5 heteroatoms. The van der Waals surface area contributed by atoms with Crippen molar-refractivity contribution < 1.29 is 24.0 Å². The Morgan fingerprint density at radius 2 is 0.586 bits per heavy atom. The van der Waals surface area contributed by atoms with Crippen LogP contribution in [0.1, 0.15) is 418 Å². The molecule has 0 radical (unpaired) electrons. The van der Waals surface area contributed by atoms with E-state index in [4.69, 9.17) is 0 Å². The largest absolute Gasteiger partial charge is 0.303 e. The van der Waals surface area contributed by atoms with E-state index >= 15 is 0 Å². The summed E-state index contributed by atoms with van der Waals surface area (Å²) in [5, 5.41) is 0. The van der Waals surface area contributed by atoms with Gasteiger partial charge in [0.2, 0.25) is 0 Å². The third-order valence-corrected chi connectivity index (χ3v) is 19.1. The Kier molecular flexibility index (Phi) is 71.3. The lowest BCUT2D eigenvalue weighted by atomic mass is 9.66. The Labute approximate surface area is 542 Å². The lowest BCUT2D eigenvalue weighted by molar-refractivity contribution is -0.108. The van der Waals surface area contributed by atoms with E-state index in [1.165, 1.54) is 366 Å². The highest BCUT2D eigenvalue weighted by Crippen LogP contribution is 2.46. The van der Waals surface area contributed by atoms with Gasteiger partial charge < -0.3 is 9.59 Å². The highest BCUT2D eigenvalue weighted by molar-refractivity contribution is 5.65. The summed E-state index contributed by atoms with van der Waals surface area (Å²) in [4.78, 5) is 53.5. The lowest BCUT2D eigenvalue weighted by Gasteiger charge is -2.39. The summed E-state index contributed by atoms with van der Waals surface area (Å²) in [6.07, 6.45) is 106. The molecule has 0 bridgehead atoms. The van der Waals surface area contributed by atoms with Gasteiger partial charge in [-0.25, -0.2) is 0 Å². The first-order valence-electron chi connectivity index (χ1n) is 38.6. The average Bonchev–Trinajstić information content (AvgIpc) is 3.68. The molecule has 0 saturated heterocycles. The second-order valence-electron chi connectivity index (χ2n) is 27.3. The second kappa shape index (κ2) is 73.8. The molecule has 0 spiro atoms. The predicted molar refractivity (Wildman–Crippen MR) is 382 cm³/mol. The van der Waals surface area contributed by atoms with Crippen LogP contribution in [-0.2, 0) is 24.0 Å². The molecule has 0 heterocycles. The molecule has 0 aromatic carbocycles. The van der Waals surface area contributed by atoms with E-state index in [2.05, 4.69) is 19.1 Å². The summed E-state index contributed by atoms with van der Waals surface area (Å²) in [5.74, 6) is 0.815. The van der Waals surface area contributed by atoms with Gasteiger partial charge in [0, 0.05) is 12.8 Å². The van der Waals surface area contributed by atoms with E-state index in [9.17, 15) is 24.0 Å². The molecular formula is C82H146O5. The number of aldehydes is 5. The second-order valence-corrected chi connectivity index (χ2v) is 27.3. The van der Waals surface area contributed by atoms with Crippen molar-refractivity contribution in [1.82, 2.24) is 0 Å². The number of rotatable bonds is 75. The van der Waals surface area contributed by atoms with Crippen molar-refractivity contribution in [3.8, 4) is 0 Å². The van der Waals surface area contributed by atoms with Gasteiger partial charge in [0.15, 0.2) is 0 Å². The average molecular weight is 1210 g/mol. The van der Waals surface area contributed by atoms with E-state index in [-0.39, 0.29) is 0 Å². The van der Waals surface area contributed by atoms with Crippen LogP contribution in [-0.4, -0.2) is 31.4 Å². The van der Waals surface area contributed by atoms with E-state index in [0.29, 0.717) is 5.41 Å². The minimum absolute atomic E-state index is 0.398. The summed E-state index contributed by atoms with van der Waals surface area (Å²) in [6.45, 7) is 2.38. The van der Waals surface area contributed by atoms with Gasteiger partial charge in [-0.05, 0) is 126 Å². The van der Waals surface area contributed by atoms with Gasteiger partial charge in [0.1, 0.15) is 31.4 Å². The minimum atomic E-state index is 0.398. The smallest absolute Gasteiger partial charge is 0.142 e. The van der Waals surface area contributed by atoms with Crippen LogP contribution in [0.15, 0.2) is 60.3 Å². The Morgan fingerprint density at radius 3 is 0.920 bits per heavy atom. The van der Waals surface area contributed by atoms with E-state index < -0.39 is 0 Å². The van der Waals surface area contributed by atoms with Gasteiger partial charge >= 0.3 is 0 Å². The molecular weight excluding hydrogens is 1060 g/mol. The summed E-state index contributed by atoms with van der Waals surface area (Å²) in [6, 6.07) is 0. The quantitative estimate of drug-likeness (QED) is 0.0199. The number of allylic oxidation sites excluding steroid dienone is 10. The Morgan fingerprint density at radius 1 is 0.287 bits per heavy atom. The van der Waals surface area contributed by atoms with Crippen LogP contribution in [0.5, 0.6) is 0 Å². The van der Waals surface area contributed by atoms with Gasteiger partial charge in [0.25, 0.3) is 0 Å². The number of unbranched alkanes of at least 4 members (excludes halogenated alkanes) is 51. The van der Waals surface area contributed by atoms with Crippen LogP contribution >= 0.6 is 0 Å². The molecule has 87 heavy (non-hydrogen) atoms. The molecule has 0 aliphatic carbocycles. The number of carbonyl (C=O) groups is 5. The zero-order valence-corrected chi connectivity index (χ0v) is 58.0. The fourth-order valence-electron chi connectivity index (χ4n) is 13.7. The molecule has 0 fully saturated rings. The minimum Gasteiger partial charge on any atom is -0.303 e. The monoisotopic (exact) mass is 1210 g/mol. The molecule has 0 saturated carbocycles. The van der Waals surface area contributed by atoms with Crippen LogP contribution in [0, 0.1) is 11.3 Å². The van der Waals surface area contributed by atoms with Crippen molar-refractivity contribution in [3.05, 3.63) is 60.3 Å². The lowest BCUT2D eigenvalue weighted by Crippen LogP contribution is -2.26. The third kappa shape index (κ3) is 65.8. The molecule has 0 amide bonds. The van der Waals surface area contributed by atoms with Gasteiger partial charge in [-0.3, -0.25) is 14.4 Å². The summed E-state index contributed by atoms with van der Waals surface area (Å²) >= 11 is 0. The Hall–Kier alpha value is -2.95. The first-order chi connectivity index (χ1) is 43.1. The zero-order valence-electron chi connectivity index (χ0n) is 58.0. The van der Waals surface area contributed by atoms with Crippen LogP contribution in [0.2, 0.25) is 0 Å². The SMILES string of the molecule is CCCCC=C(CCCCCCCCCCCCCCCC=O)CC(CCCCCCCCCCCC=CC=CC=O)(CCCCCCCCCCCCCC=CC=O)CC(CCCCCCCC=O)CCCCCCCCCCCCCC=CC=O. The molecule has 0 aliphatic heterocycles. The Balaban J connectivity index is 6.25. The van der Waals surface area contributed by atoms with Crippen molar-refractivity contribution >= 4 is 31.4 Å². The molecule has 2 atom stereocenters. The molecule has 504 valence electrons. The standard InChI is InChI=1S/C82H146O5/c1-2-3-56-67-80(68-57-46-36-28-20-12-4-8-16-24-32-41-51-62-73-83)78-82(71-60-49-39-30-22-14-6-10-18-26-34-43-53-64-75-85,72-61-50-40-31-23-15-7-11-19-27-35-44-54-65-76-86)79-81(70-59-48-38-45-55-66-77-87)69-58-47-37-29-21-13-5-9-17-25-33-42-52-63-74-84/h34,43,52-54,63-65,67,73-77,81H,2-33,35-42,44-51,55-62,66,68-72,78-79H2,1H3. The van der Waals surface area contributed by atoms with Crippen molar-refractivity contribution in [1.29, 1.82) is 0 Å². The number of carbonyl (C=O) groups excluding carboxylic acids is 5.